The third kappa shape index (κ3) is 4.58. The topological polar surface area (TPSA) is 65.0 Å². The van der Waals surface area contributed by atoms with E-state index in [1.54, 1.807) is 7.11 Å². The maximum atomic E-state index is 11.2. The maximum absolute atomic E-state index is 11.2. The molecule has 2 aliphatic carbocycles. The van der Waals surface area contributed by atoms with Gasteiger partial charge in [0.2, 0.25) is 0 Å². The van der Waals surface area contributed by atoms with Crippen molar-refractivity contribution in [3.05, 3.63) is 11.6 Å². The molecule has 5 nitrogen and oxygen atoms in total. The summed E-state index contributed by atoms with van der Waals surface area (Å²) in [5, 5.41) is 9.85. The molecular weight excluding hydrogens is 308 g/mol. The van der Waals surface area contributed by atoms with Gasteiger partial charge in [-0.25, -0.2) is 0 Å². The standard InChI is InChI=1S/C19H32O5/c1-19(2,23-4)24-17-11-15-13(7-5-6-8-18(21)22-3)9-10-14(15)16(17)12-20/h7,14-17,20H,5-6,8-12H2,1-4H3. The molecule has 0 aromatic rings. The van der Waals surface area contributed by atoms with Crippen LogP contribution in [0.2, 0.25) is 0 Å². The van der Waals surface area contributed by atoms with Crippen molar-refractivity contribution in [2.75, 3.05) is 20.8 Å². The molecule has 2 aliphatic rings. The number of allylic oxidation sites excluding steroid dienone is 2. The normalized spacial score (nSPS) is 31.5. The van der Waals surface area contributed by atoms with E-state index in [9.17, 15) is 9.90 Å². The smallest absolute Gasteiger partial charge is 0.305 e. The van der Waals surface area contributed by atoms with E-state index in [1.165, 1.54) is 12.7 Å². The SMILES string of the molecule is COC(=O)CCCC=C1CCC2C1CC(OC(C)(C)OC)C2CO. The van der Waals surface area contributed by atoms with Crippen molar-refractivity contribution >= 4 is 5.97 Å². The lowest BCUT2D eigenvalue weighted by atomic mass is 9.91. The van der Waals surface area contributed by atoms with Gasteiger partial charge in [-0.05, 0) is 57.8 Å². The van der Waals surface area contributed by atoms with E-state index >= 15 is 0 Å². The Morgan fingerprint density at radius 3 is 2.75 bits per heavy atom. The van der Waals surface area contributed by atoms with Crippen LogP contribution in [-0.4, -0.2) is 43.8 Å². The van der Waals surface area contributed by atoms with Gasteiger partial charge in [0.05, 0.1) is 13.2 Å². The van der Waals surface area contributed by atoms with Gasteiger partial charge in [0.1, 0.15) is 0 Å². The zero-order chi connectivity index (χ0) is 17.7. The summed E-state index contributed by atoms with van der Waals surface area (Å²) >= 11 is 0. The molecule has 0 aliphatic heterocycles. The summed E-state index contributed by atoms with van der Waals surface area (Å²) in [6, 6.07) is 0. The number of hydrogen-bond donors (Lipinski definition) is 1. The molecule has 5 heteroatoms. The van der Waals surface area contributed by atoms with Crippen molar-refractivity contribution in [3.63, 3.8) is 0 Å². The average molecular weight is 340 g/mol. The molecular formula is C19H32O5. The highest BCUT2D eigenvalue weighted by Crippen LogP contribution is 2.52. The zero-order valence-electron chi connectivity index (χ0n) is 15.4. The molecule has 0 spiro atoms. The lowest BCUT2D eigenvalue weighted by molar-refractivity contribution is -0.232. The number of esters is 1. The van der Waals surface area contributed by atoms with Crippen LogP contribution in [0, 0.1) is 17.8 Å². The van der Waals surface area contributed by atoms with Gasteiger partial charge in [0.25, 0.3) is 0 Å². The predicted octanol–water partition coefficient (Wildman–Crippen LogP) is 3.06. The van der Waals surface area contributed by atoms with Crippen LogP contribution in [-0.2, 0) is 19.0 Å². The molecule has 4 atom stereocenters. The predicted molar refractivity (Wildman–Crippen MR) is 91.3 cm³/mol. The van der Waals surface area contributed by atoms with Gasteiger partial charge < -0.3 is 19.3 Å². The van der Waals surface area contributed by atoms with E-state index < -0.39 is 5.79 Å². The molecule has 24 heavy (non-hydrogen) atoms. The van der Waals surface area contributed by atoms with E-state index in [0.717, 1.165) is 32.1 Å². The molecule has 2 rings (SSSR count). The first-order valence-corrected chi connectivity index (χ1v) is 9.01. The molecule has 0 heterocycles. The average Bonchev–Trinajstić information content (AvgIpc) is 3.09. The van der Waals surface area contributed by atoms with E-state index in [0.29, 0.717) is 18.3 Å². The van der Waals surface area contributed by atoms with E-state index in [-0.39, 0.29) is 24.6 Å². The van der Waals surface area contributed by atoms with Crippen molar-refractivity contribution in [3.8, 4) is 0 Å². The van der Waals surface area contributed by atoms with Gasteiger partial charge >= 0.3 is 5.97 Å². The van der Waals surface area contributed by atoms with Crippen molar-refractivity contribution < 1.29 is 24.1 Å². The van der Waals surface area contributed by atoms with Crippen LogP contribution in [0.3, 0.4) is 0 Å². The second-order valence-electron chi connectivity index (χ2n) is 7.40. The Hall–Kier alpha value is -0.910. The molecule has 0 aromatic carbocycles. The lowest BCUT2D eigenvalue weighted by Gasteiger charge is -2.31. The van der Waals surface area contributed by atoms with Crippen LogP contribution >= 0.6 is 0 Å². The first kappa shape index (κ1) is 19.4. The number of hydrogen-bond acceptors (Lipinski definition) is 5. The van der Waals surface area contributed by atoms with E-state index in [1.807, 2.05) is 13.8 Å². The molecule has 0 saturated heterocycles. The fourth-order valence-corrected chi connectivity index (χ4v) is 4.22. The number of carbonyl (C=O) groups is 1. The molecule has 0 amide bonds. The van der Waals surface area contributed by atoms with Crippen LogP contribution < -0.4 is 0 Å². The number of methoxy groups -OCH3 is 2. The second kappa shape index (κ2) is 8.45. The Bertz CT molecular complexity index is 457. The van der Waals surface area contributed by atoms with Gasteiger partial charge in [0, 0.05) is 26.1 Å². The van der Waals surface area contributed by atoms with Crippen molar-refractivity contribution in [2.45, 2.75) is 64.3 Å². The Kier molecular flexibility index (Phi) is 6.84. The van der Waals surface area contributed by atoms with Gasteiger partial charge in [-0.3, -0.25) is 4.79 Å². The van der Waals surface area contributed by atoms with Crippen molar-refractivity contribution in [2.24, 2.45) is 17.8 Å². The van der Waals surface area contributed by atoms with Crippen LogP contribution in [0.5, 0.6) is 0 Å². The van der Waals surface area contributed by atoms with E-state index in [2.05, 4.69) is 10.8 Å². The summed E-state index contributed by atoms with van der Waals surface area (Å²) in [6.07, 6.45) is 7.72. The van der Waals surface area contributed by atoms with E-state index in [4.69, 9.17) is 9.47 Å². The fraction of sp³-hybridized carbons (Fsp3) is 0.842. The van der Waals surface area contributed by atoms with Gasteiger partial charge in [0.15, 0.2) is 5.79 Å². The monoisotopic (exact) mass is 340 g/mol. The van der Waals surface area contributed by atoms with Crippen LogP contribution in [0.25, 0.3) is 0 Å². The molecule has 1 N–H and O–H groups in total. The second-order valence-corrected chi connectivity index (χ2v) is 7.40. The lowest BCUT2D eigenvalue weighted by Crippen LogP contribution is -2.36. The van der Waals surface area contributed by atoms with Crippen molar-refractivity contribution in [1.29, 1.82) is 0 Å². The largest absolute Gasteiger partial charge is 0.469 e. The maximum Gasteiger partial charge on any atom is 0.305 e. The van der Waals surface area contributed by atoms with Gasteiger partial charge in [-0.1, -0.05) is 11.6 Å². The summed E-state index contributed by atoms with van der Waals surface area (Å²) < 4.78 is 16.2. The van der Waals surface area contributed by atoms with Crippen molar-refractivity contribution in [1.82, 2.24) is 0 Å². The number of ether oxygens (including phenoxy) is 3. The highest BCUT2D eigenvalue weighted by Gasteiger charge is 2.48. The quantitative estimate of drug-likeness (QED) is 0.318. The summed E-state index contributed by atoms with van der Waals surface area (Å²) in [4.78, 5) is 11.2. The first-order chi connectivity index (χ1) is 11.4. The van der Waals surface area contributed by atoms with Gasteiger partial charge in [-0.2, -0.15) is 0 Å². The Balaban J connectivity index is 1.94. The molecule has 4 unspecified atom stereocenters. The summed E-state index contributed by atoms with van der Waals surface area (Å²) in [5.74, 6) is 0.415. The Labute approximate surface area is 145 Å². The van der Waals surface area contributed by atoms with Crippen LogP contribution in [0.1, 0.15) is 52.4 Å². The first-order valence-electron chi connectivity index (χ1n) is 9.01. The number of unbranched alkanes of at least 4 members (excludes halogenated alkanes) is 1. The summed E-state index contributed by atoms with van der Waals surface area (Å²) in [6.45, 7) is 4.00. The zero-order valence-corrected chi connectivity index (χ0v) is 15.4. The molecule has 0 bridgehead atoms. The molecule has 138 valence electrons. The summed E-state index contributed by atoms with van der Waals surface area (Å²) in [7, 11) is 3.08. The molecule has 0 radical (unpaired) electrons. The highest BCUT2D eigenvalue weighted by atomic mass is 16.7. The van der Waals surface area contributed by atoms with Gasteiger partial charge in [-0.15, -0.1) is 0 Å². The molecule has 2 fully saturated rings. The highest BCUT2D eigenvalue weighted by molar-refractivity contribution is 5.69. The Morgan fingerprint density at radius 2 is 2.12 bits per heavy atom. The number of fused-ring (bicyclic) bond motifs is 1. The minimum atomic E-state index is -0.624. The number of carbonyl (C=O) groups excluding carboxylic acids is 1. The number of rotatable bonds is 8. The Morgan fingerprint density at radius 1 is 1.38 bits per heavy atom. The third-order valence-electron chi connectivity index (χ3n) is 5.63. The van der Waals surface area contributed by atoms with Crippen LogP contribution in [0.4, 0.5) is 0 Å². The number of aliphatic hydroxyl groups excluding tert-OH is 1. The minimum Gasteiger partial charge on any atom is -0.469 e. The molecule has 0 aromatic heterocycles. The summed E-state index contributed by atoms with van der Waals surface area (Å²) in [5.41, 5.74) is 1.48. The number of aliphatic hydroxyl groups is 1. The molecule has 2 saturated carbocycles. The van der Waals surface area contributed by atoms with Crippen LogP contribution in [0.15, 0.2) is 11.6 Å². The minimum absolute atomic E-state index is 0.0405. The third-order valence-corrected chi connectivity index (χ3v) is 5.63. The fourth-order valence-electron chi connectivity index (χ4n) is 4.22.